The van der Waals surface area contributed by atoms with Gasteiger partial charge in [-0.2, -0.15) is 0 Å². The van der Waals surface area contributed by atoms with E-state index in [0.717, 1.165) is 43.8 Å². The molecular weight excluding hydrogens is 318 g/mol. The van der Waals surface area contributed by atoms with Crippen LogP contribution in [-0.4, -0.2) is 60.4 Å². The van der Waals surface area contributed by atoms with Gasteiger partial charge in [-0.15, -0.1) is 0 Å². The first kappa shape index (κ1) is 17.7. The molecule has 0 aromatic heterocycles. The Kier molecular flexibility index (Phi) is 5.91. The lowest BCUT2D eigenvalue weighted by Gasteiger charge is -2.35. The third-order valence-corrected chi connectivity index (χ3v) is 4.89. The normalized spacial score (nSPS) is 21.2. The lowest BCUT2D eigenvalue weighted by atomic mass is 10.1. The third-order valence-electron chi connectivity index (χ3n) is 4.89. The number of nitrogens with zero attached hydrogens (tertiary/aromatic N) is 2. The first-order valence-electron chi connectivity index (χ1n) is 9.18. The minimum absolute atomic E-state index is 0.0373. The van der Waals surface area contributed by atoms with Crippen LogP contribution < -0.4 is 10.1 Å². The number of likely N-dealkylation sites (tertiary alicyclic amines) is 1. The van der Waals surface area contributed by atoms with Gasteiger partial charge < -0.3 is 15.0 Å². The highest BCUT2D eigenvalue weighted by Crippen LogP contribution is 2.19. The van der Waals surface area contributed by atoms with Crippen LogP contribution in [0.15, 0.2) is 24.3 Å². The molecule has 136 valence electrons. The van der Waals surface area contributed by atoms with Crippen molar-refractivity contribution >= 4 is 11.8 Å². The van der Waals surface area contributed by atoms with Gasteiger partial charge in [0, 0.05) is 32.7 Å². The number of carbonyl (C=O) groups excluding carboxylic acids is 2. The highest BCUT2D eigenvalue weighted by Gasteiger charge is 2.33. The Labute approximate surface area is 149 Å². The number of piperazine rings is 1. The van der Waals surface area contributed by atoms with Crippen LogP contribution >= 0.6 is 0 Å². The van der Waals surface area contributed by atoms with Crippen LogP contribution in [0.5, 0.6) is 5.75 Å². The molecule has 0 saturated carbocycles. The average Bonchev–Trinajstić information content (AvgIpc) is 3.14. The van der Waals surface area contributed by atoms with Gasteiger partial charge in [-0.3, -0.25) is 14.5 Å². The average molecular weight is 345 g/mol. The van der Waals surface area contributed by atoms with Crippen LogP contribution in [0.2, 0.25) is 0 Å². The van der Waals surface area contributed by atoms with Gasteiger partial charge in [-0.1, -0.05) is 12.1 Å². The van der Waals surface area contributed by atoms with E-state index in [4.69, 9.17) is 4.74 Å². The van der Waals surface area contributed by atoms with Crippen molar-refractivity contribution in [2.24, 2.45) is 0 Å². The summed E-state index contributed by atoms with van der Waals surface area (Å²) in [5.41, 5.74) is 1.12. The van der Waals surface area contributed by atoms with Crippen molar-refractivity contribution in [1.82, 2.24) is 15.1 Å². The number of hydrogen-bond donors (Lipinski definition) is 1. The largest absolute Gasteiger partial charge is 0.494 e. The van der Waals surface area contributed by atoms with E-state index in [9.17, 15) is 9.59 Å². The molecule has 25 heavy (non-hydrogen) atoms. The van der Waals surface area contributed by atoms with Gasteiger partial charge in [0.15, 0.2) is 0 Å². The molecule has 1 aromatic rings. The smallest absolute Gasteiger partial charge is 0.237 e. The summed E-state index contributed by atoms with van der Waals surface area (Å²) in [5.74, 6) is 0.907. The van der Waals surface area contributed by atoms with E-state index in [1.807, 2.05) is 36.1 Å². The highest BCUT2D eigenvalue weighted by atomic mass is 16.5. The van der Waals surface area contributed by atoms with Crippen LogP contribution in [0.3, 0.4) is 0 Å². The fourth-order valence-corrected chi connectivity index (χ4v) is 3.53. The topological polar surface area (TPSA) is 61.9 Å². The van der Waals surface area contributed by atoms with Gasteiger partial charge >= 0.3 is 0 Å². The van der Waals surface area contributed by atoms with E-state index in [0.29, 0.717) is 19.7 Å². The Morgan fingerprint density at radius 1 is 1.20 bits per heavy atom. The molecule has 2 heterocycles. The summed E-state index contributed by atoms with van der Waals surface area (Å²) in [7, 11) is 0. The standard InChI is InChI=1S/C19H27N3O3/c1-2-25-16-7-5-15(6-8-16)14-22-12-9-20-19(24)17(22)13-18(23)21-10-3-4-11-21/h5-8,17H,2-4,9-14H2,1H3,(H,20,24). The van der Waals surface area contributed by atoms with Gasteiger partial charge in [-0.05, 0) is 37.5 Å². The van der Waals surface area contributed by atoms with Gasteiger partial charge in [0.2, 0.25) is 11.8 Å². The van der Waals surface area contributed by atoms with E-state index in [1.165, 1.54) is 0 Å². The monoisotopic (exact) mass is 345 g/mol. The Morgan fingerprint density at radius 3 is 2.60 bits per heavy atom. The summed E-state index contributed by atoms with van der Waals surface area (Å²) >= 11 is 0. The van der Waals surface area contributed by atoms with Crippen molar-refractivity contribution in [2.75, 3.05) is 32.8 Å². The maximum Gasteiger partial charge on any atom is 0.237 e. The molecule has 1 atom stereocenters. The molecule has 2 amide bonds. The lowest BCUT2D eigenvalue weighted by molar-refractivity contribution is -0.138. The number of nitrogens with one attached hydrogen (secondary N) is 1. The van der Waals surface area contributed by atoms with Crippen molar-refractivity contribution in [1.29, 1.82) is 0 Å². The molecule has 1 aromatic carbocycles. The van der Waals surface area contributed by atoms with E-state index < -0.39 is 0 Å². The zero-order valence-corrected chi connectivity index (χ0v) is 14.9. The lowest BCUT2D eigenvalue weighted by Crippen LogP contribution is -2.56. The maximum absolute atomic E-state index is 12.5. The van der Waals surface area contributed by atoms with Gasteiger partial charge in [-0.25, -0.2) is 0 Å². The molecule has 2 aliphatic rings. The van der Waals surface area contributed by atoms with Crippen LogP contribution in [0.4, 0.5) is 0 Å². The Hall–Kier alpha value is -2.08. The van der Waals surface area contributed by atoms with E-state index in [-0.39, 0.29) is 24.3 Å². The van der Waals surface area contributed by atoms with E-state index in [1.54, 1.807) is 0 Å². The van der Waals surface area contributed by atoms with Crippen LogP contribution in [0.25, 0.3) is 0 Å². The Balaban J connectivity index is 1.64. The predicted octanol–water partition coefficient (Wildman–Crippen LogP) is 1.40. The van der Waals surface area contributed by atoms with Crippen molar-refractivity contribution in [3.05, 3.63) is 29.8 Å². The second-order valence-electron chi connectivity index (χ2n) is 6.65. The van der Waals surface area contributed by atoms with Crippen molar-refractivity contribution in [2.45, 2.75) is 38.8 Å². The molecule has 6 nitrogen and oxygen atoms in total. The maximum atomic E-state index is 12.5. The van der Waals surface area contributed by atoms with Crippen LogP contribution in [-0.2, 0) is 16.1 Å². The summed E-state index contributed by atoms with van der Waals surface area (Å²) in [5, 5.41) is 2.90. The molecule has 2 saturated heterocycles. The molecule has 2 fully saturated rings. The van der Waals surface area contributed by atoms with Crippen molar-refractivity contribution in [3.63, 3.8) is 0 Å². The summed E-state index contributed by atoms with van der Waals surface area (Å²) in [6.07, 6.45) is 2.40. The number of benzene rings is 1. The van der Waals surface area contributed by atoms with Gasteiger partial charge in [0.25, 0.3) is 0 Å². The zero-order chi connectivity index (χ0) is 17.6. The number of hydrogen-bond acceptors (Lipinski definition) is 4. The molecule has 1 N–H and O–H groups in total. The minimum atomic E-state index is -0.381. The van der Waals surface area contributed by atoms with E-state index >= 15 is 0 Å². The molecule has 0 aliphatic carbocycles. The number of amides is 2. The SMILES string of the molecule is CCOc1ccc(CN2CCNC(=O)C2CC(=O)N2CCCC2)cc1. The quantitative estimate of drug-likeness (QED) is 0.847. The summed E-state index contributed by atoms with van der Waals surface area (Å²) in [6.45, 7) is 6.31. The first-order chi connectivity index (χ1) is 12.2. The molecule has 1 unspecified atom stereocenters. The predicted molar refractivity (Wildman–Crippen MR) is 95.2 cm³/mol. The second-order valence-corrected chi connectivity index (χ2v) is 6.65. The second kappa shape index (κ2) is 8.34. The Bertz CT molecular complexity index is 596. The molecule has 3 rings (SSSR count). The molecule has 2 aliphatic heterocycles. The first-order valence-corrected chi connectivity index (χ1v) is 9.18. The van der Waals surface area contributed by atoms with Gasteiger partial charge in [0.05, 0.1) is 19.1 Å². The molecular formula is C19H27N3O3. The highest BCUT2D eigenvalue weighted by molar-refractivity contribution is 5.88. The molecule has 0 radical (unpaired) electrons. The van der Waals surface area contributed by atoms with Crippen molar-refractivity contribution in [3.8, 4) is 5.75 Å². The summed E-state index contributed by atoms with van der Waals surface area (Å²) in [6, 6.07) is 7.57. The number of ether oxygens (including phenoxy) is 1. The van der Waals surface area contributed by atoms with Crippen molar-refractivity contribution < 1.29 is 14.3 Å². The zero-order valence-electron chi connectivity index (χ0n) is 14.9. The molecule has 0 bridgehead atoms. The molecule has 6 heteroatoms. The third kappa shape index (κ3) is 4.51. The van der Waals surface area contributed by atoms with Crippen LogP contribution in [0.1, 0.15) is 31.7 Å². The number of carbonyl (C=O) groups is 2. The minimum Gasteiger partial charge on any atom is -0.494 e. The van der Waals surface area contributed by atoms with Gasteiger partial charge in [0.1, 0.15) is 5.75 Å². The van der Waals surface area contributed by atoms with E-state index in [2.05, 4.69) is 10.2 Å². The number of rotatable bonds is 6. The summed E-state index contributed by atoms with van der Waals surface area (Å²) < 4.78 is 5.47. The Morgan fingerprint density at radius 2 is 1.92 bits per heavy atom. The fraction of sp³-hybridized carbons (Fsp3) is 0.579. The fourth-order valence-electron chi connectivity index (χ4n) is 3.53. The summed E-state index contributed by atoms with van der Waals surface area (Å²) in [4.78, 5) is 28.8. The van der Waals surface area contributed by atoms with Crippen LogP contribution in [0, 0.1) is 0 Å². The molecule has 0 spiro atoms.